The summed E-state index contributed by atoms with van der Waals surface area (Å²) in [7, 11) is 4.24. The molecule has 0 aromatic heterocycles. The van der Waals surface area contributed by atoms with Gasteiger partial charge >= 0.3 is 0 Å². The molecule has 0 aliphatic rings. The van der Waals surface area contributed by atoms with Gasteiger partial charge in [-0.05, 0) is 50.7 Å². The summed E-state index contributed by atoms with van der Waals surface area (Å²) >= 11 is 0. The van der Waals surface area contributed by atoms with Crippen molar-refractivity contribution in [3.63, 3.8) is 0 Å². The molecule has 3 nitrogen and oxygen atoms in total. The quantitative estimate of drug-likeness (QED) is 0.804. The maximum Gasteiger partial charge on any atom is 0.0369 e. The average Bonchev–Trinajstić information content (AvgIpc) is 2.34. The van der Waals surface area contributed by atoms with E-state index in [4.69, 9.17) is 5.73 Å². The van der Waals surface area contributed by atoms with Gasteiger partial charge in [-0.3, -0.25) is 0 Å². The number of nitrogens with two attached hydrogens (primary N) is 1. The average molecular weight is 249 g/mol. The van der Waals surface area contributed by atoms with Crippen molar-refractivity contribution < 1.29 is 0 Å². The van der Waals surface area contributed by atoms with Crippen LogP contribution in [-0.2, 0) is 6.54 Å². The molecule has 0 amide bonds. The molecule has 0 saturated carbocycles. The number of anilines is 1. The van der Waals surface area contributed by atoms with Crippen molar-refractivity contribution in [2.24, 2.45) is 5.73 Å². The van der Waals surface area contributed by atoms with Crippen LogP contribution >= 0.6 is 0 Å². The Hall–Kier alpha value is -1.06. The monoisotopic (exact) mass is 249 g/mol. The SMILES string of the molecule is CCCN(CCN(C)C)c1ccc(CN)c(C)c1. The van der Waals surface area contributed by atoms with Crippen LogP contribution in [0.25, 0.3) is 0 Å². The van der Waals surface area contributed by atoms with Gasteiger partial charge in [0.05, 0.1) is 0 Å². The third-order valence-electron chi connectivity index (χ3n) is 3.22. The van der Waals surface area contributed by atoms with Crippen LogP contribution < -0.4 is 10.6 Å². The van der Waals surface area contributed by atoms with E-state index in [0.717, 1.165) is 19.6 Å². The van der Waals surface area contributed by atoms with Crippen LogP contribution in [0.5, 0.6) is 0 Å². The van der Waals surface area contributed by atoms with Crippen molar-refractivity contribution in [3.8, 4) is 0 Å². The molecule has 0 unspecified atom stereocenters. The van der Waals surface area contributed by atoms with E-state index in [2.05, 4.69) is 55.9 Å². The highest BCUT2D eigenvalue weighted by Crippen LogP contribution is 2.19. The lowest BCUT2D eigenvalue weighted by Gasteiger charge is -2.26. The smallest absolute Gasteiger partial charge is 0.0369 e. The molecule has 0 bridgehead atoms. The fraction of sp³-hybridized carbons (Fsp3) is 0.600. The maximum atomic E-state index is 5.71. The molecule has 0 atom stereocenters. The van der Waals surface area contributed by atoms with Gasteiger partial charge in [-0.2, -0.15) is 0 Å². The van der Waals surface area contributed by atoms with E-state index in [1.807, 2.05) is 0 Å². The molecule has 0 heterocycles. The predicted octanol–water partition coefficient (Wildman–Crippen LogP) is 2.23. The number of benzene rings is 1. The largest absolute Gasteiger partial charge is 0.370 e. The molecule has 1 rings (SSSR count). The van der Waals surface area contributed by atoms with Gasteiger partial charge in [0, 0.05) is 31.9 Å². The fourth-order valence-corrected chi connectivity index (χ4v) is 2.07. The second-order valence-corrected chi connectivity index (χ2v) is 5.11. The number of hydrogen-bond donors (Lipinski definition) is 1. The minimum absolute atomic E-state index is 0.623. The normalized spacial score (nSPS) is 11.0. The van der Waals surface area contributed by atoms with Crippen LogP contribution in [0.2, 0.25) is 0 Å². The number of nitrogens with zero attached hydrogens (tertiary/aromatic N) is 2. The van der Waals surface area contributed by atoms with Crippen LogP contribution in [0.1, 0.15) is 24.5 Å². The van der Waals surface area contributed by atoms with Gasteiger partial charge in [0.1, 0.15) is 0 Å². The van der Waals surface area contributed by atoms with Crippen molar-refractivity contribution in [3.05, 3.63) is 29.3 Å². The highest BCUT2D eigenvalue weighted by atomic mass is 15.2. The second-order valence-electron chi connectivity index (χ2n) is 5.11. The third-order valence-corrected chi connectivity index (χ3v) is 3.22. The second kappa shape index (κ2) is 7.39. The zero-order chi connectivity index (χ0) is 13.5. The van der Waals surface area contributed by atoms with E-state index in [-0.39, 0.29) is 0 Å². The molecular weight excluding hydrogens is 222 g/mol. The van der Waals surface area contributed by atoms with Crippen LogP contribution in [0, 0.1) is 6.92 Å². The summed E-state index contributed by atoms with van der Waals surface area (Å²) in [6.45, 7) is 8.25. The van der Waals surface area contributed by atoms with Crippen LogP contribution in [-0.4, -0.2) is 38.6 Å². The van der Waals surface area contributed by atoms with E-state index in [9.17, 15) is 0 Å². The van der Waals surface area contributed by atoms with Gasteiger partial charge in [-0.15, -0.1) is 0 Å². The van der Waals surface area contributed by atoms with Gasteiger partial charge in [-0.25, -0.2) is 0 Å². The predicted molar refractivity (Wildman–Crippen MR) is 80.1 cm³/mol. The first-order valence-electron chi connectivity index (χ1n) is 6.77. The van der Waals surface area contributed by atoms with Gasteiger partial charge in [0.25, 0.3) is 0 Å². The molecule has 3 heteroatoms. The van der Waals surface area contributed by atoms with Gasteiger partial charge < -0.3 is 15.5 Å². The Morgan fingerprint density at radius 3 is 2.33 bits per heavy atom. The third kappa shape index (κ3) is 4.31. The standard InChI is InChI=1S/C15H27N3/c1-5-8-18(10-9-17(3)4)15-7-6-14(12-16)13(2)11-15/h6-7,11H,5,8-10,12,16H2,1-4H3. The molecule has 0 fully saturated rings. The lowest BCUT2D eigenvalue weighted by atomic mass is 10.1. The molecule has 2 N–H and O–H groups in total. The Balaban J connectivity index is 2.81. The van der Waals surface area contributed by atoms with E-state index < -0.39 is 0 Å². The highest BCUT2D eigenvalue weighted by Gasteiger charge is 2.07. The zero-order valence-electron chi connectivity index (χ0n) is 12.2. The summed E-state index contributed by atoms with van der Waals surface area (Å²) in [5.41, 5.74) is 9.56. The van der Waals surface area contributed by atoms with Crippen molar-refractivity contribution in [2.75, 3.05) is 38.6 Å². The summed E-state index contributed by atoms with van der Waals surface area (Å²) in [6.07, 6.45) is 1.17. The summed E-state index contributed by atoms with van der Waals surface area (Å²) < 4.78 is 0. The van der Waals surface area contributed by atoms with Gasteiger partial charge in [-0.1, -0.05) is 13.0 Å². The summed E-state index contributed by atoms with van der Waals surface area (Å²) in [4.78, 5) is 4.68. The van der Waals surface area contributed by atoms with E-state index in [1.54, 1.807) is 0 Å². The molecule has 0 aliphatic carbocycles. The highest BCUT2D eigenvalue weighted by molar-refractivity contribution is 5.50. The lowest BCUT2D eigenvalue weighted by molar-refractivity contribution is 0.413. The van der Waals surface area contributed by atoms with E-state index in [1.165, 1.54) is 23.2 Å². The first kappa shape index (κ1) is 15.0. The van der Waals surface area contributed by atoms with Gasteiger partial charge in [0.15, 0.2) is 0 Å². The Morgan fingerprint density at radius 2 is 1.83 bits per heavy atom. The van der Waals surface area contributed by atoms with E-state index >= 15 is 0 Å². The van der Waals surface area contributed by atoms with Crippen LogP contribution in [0.3, 0.4) is 0 Å². The Labute approximate surface area is 112 Å². The minimum Gasteiger partial charge on any atom is -0.370 e. The Bertz CT molecular complexity index is 361. The minimum atomic E-state index is 0.623. The summed E-state index contributed by atoms with van der Waals surface area (Å²) in [5.74, 6) is 0. The summed E-state index contributed by atoms with van der Waals surface area (Å²) in [6, 6.07) is 6.61. The first-order chi connectivity index (χ1) is 8.58. The fourth-order valence-electron chi connectivity index (χ4n) is 2.07. The molecule has 18 heavy (non-hydrogen) atoms. The van der Waals surface area contributed by atoms with Crippen molar-refractivity contribution in [2.45, 2.75) is 26.8 Å². The van der Waals surface area contributed by atoms with Crippen LogP contribution in [0.15, 0.2) is 18.2 Å². The van der Waals surface area contributed by atoms with Crippen molar-refractivity contribution in [1.82, 2.24) is 4.90 Å². The molecule has 1 aromatic carbocycles. The topological polar surface area (TPSA) is 32.5 Å². The first-order valence-corrected chi connectivity index (χ1v) is 6.77. The lowest BCUT2D eigenvalue weighted by Crippen LogP contribution is -2.32. The molecule has 0 saturated heterocycles. The number of likely N-dealkylation sites (N-methyl/N-ethyl adjacent to an activating group) is 1. The van der Waals surface area contributed by atoms with E-state index in [0.29, 0.717) is 6.54 Å². The molecule has 0 radical (unpaired) electrons. The molecule has 1 aromatic rings. The van der Waals surface area contributed by atoms with Gasteiger partial charge in [0.2, 0.25) is 0 Å². The number of rotatable bonds is 7. The molecule has 0 spiro atoms. The Morgan fingerprint density at radius 1 is 1.11 bits per heavy atom. The molecule has 102 valence electrons. The zero-order valence-corrected chi connectivity index (χ0v) is 12.2. The van der Waals surface area contributed by atoms with Crippen molar-refractivity contribution in [1.29, 1.82) is 0 Å². The molecular formula is C15H27N3. The number of aryl methyl sites for hydroxylation is 1. The Kier molecular flexibility index (Phi) is 6.16. The summed E-state index contributed by atoms with van der Waals surface area (Å²) in [5, 5.41) is 0. The number of hydrogen-bond acceptors (Lipinski definition) is 3. The molecule has 0 aliphatic heterocycles. The van der Waals surface area contributed by atoms with Crippen molar-refractivity contribution >= 4 is 5.69 Å². The van der Waals surface area contributed by atoms with Crippen LogP contribution in [0.4, 0.5) is 5.69 Å². The maximum absolute atomic E-state index is 5.71.